The summed E-state index contributed by atoms with van der Waals surface area (Å²) in [7, 11) is 1.54. The number of nitrogens with zero attached hydrogens (tertiary/aromatic N) is 3. The Labute approximate surface area is 117 Å². The predicted octanol–water partition coefficient (Wildman–Crippen LogP) is 2.78. The first-order chi connectivity index (χ1) is 9.37. The van der Waals surface area contributed by atoms with Crippen molar-refractivity contribution < 1.29 is 18.0 Å². The first-order valence-corrected chi connectivity index (χ1v) is 6.60. The molecular formula is C12H12F3N3OS. The van der Waals surface area contributed by atoms with E-state index in [0.717, 1.165) is 4.57 Å². The SMILES string of the molecule is CN(Cc1nccn1CC(F)(F)F)C(=O)c1cccs1. The molecule has 0 aromatic carbocycles. The van der Waals surface area contributed by atoms with E-state index in [1.165, 1.54) is 35.7 Å². The van der Waals surface area contributed by atoms with E-state index in [1.54, 1.807) is 17.5 Å². The second-order valence-electron chi connectivity index (χ2n) is 4.23. The van der Waals surface area contributed by atoms with E-state index in [2.05, 4.69) is 4.98 Å². The largest absolute Gasteiger partial charge is 0.406 e. The van der Waals surface area contributed by atoms with Gasteiger partial charge in [-0.25, -0.2) is 4.98 Å². The number of thiophene rings is 1. The van der Waals surface area contributed by atoms with Crippen LogP contribution in [0.15, 0.2) is 29.9 Å². The Morgan fingerprint density at radius 3 is 2.85 bits per heavy atom. The molecule has 0 unspecified atom stereocenters. The number of hydrogen-bond donors (Lipinski definition) is 0. The summed E-state index contributed by atoms with van der Waals surface area (Å²) in [6.45, 7) is -1.08. The van der Waals surface area contributed by atoms with E-state index in [9.17, 15) is 18.0 Å². The van der Waals surface area contributed by atoms with Gasteiger partial charge >= 0.3 is 6.18 Å². The lowest BCUT2D eigenvalue weighted by atomic mass is 10.4. The highest BCUT2D eigenvalue weighted by molar-refractivity contribution is 7.12. The van der Waals surface area contributed by atoms with Crippen LogP contribution in [0.5, 0.6) is 0 Å². The molecule has 1 amide bonds. The molecule has 0 saturated heterocycles. The van der Waals surface area contributed by atoms with Gasteiger partial charge in [-0.1, -0.05) is 6.07 Å². The summed E-state index contributed by atoms with van der Waals surface area (Å²) in [5.74, 6) is -0.0312. The summed E-state index contributed by atoms with van der Waals surface area (Å²) in [5.41, 5.74) is 0. The third-order valence-corrected chi connectivity index (χ3v) is 3.47. The zero-order chi connectivity index (χ0) is 14.8. The molecule has 2 aromatic rings. The predicted molar refractivity (Wildman–Crippen MR) is 68.4 cm³/mol. The van der Waals surface area contributed by atoms with Crippen molar-refractivity contribution in [2.75, 3.05) is 7.05 Å². The van der Waals surface area contributed by atoms with Crippen molar-refractivity contribution in [3.05, 3.63) is 40.6 Å². The Morgan fingerprint density at radius 2 is 2.25 bits per heavy atom. The smallest absolute Gasteiger partial charge is 0.334 e. The van der Waals surface area contributed by atoms with Crippen LogP contribution < -0.4 is 0 Å². The third-order valence-electron chi connectivity index (χ3n) is 2.61. The van der Waals surface area contributed by atoms with Crippen LogP contribution in [0.3, 0.4) is 0 Å². The van der Waals surface area contributed by atoms with Crippen LogP contribution in [-0.4, -0.2) is 33.6 Å². The van der Waals surface area contributed by atoms with Crippen molar-refractivity contribution in [2.45, 2.75) is 19.3 Å². The number of hydrogen-bond acceptors (Lipinski definition) is 3. The Hall–Kier alpha value is -1.83. The Morgan fingerprint density at radius 1 is 1.50 bits per heavy atom. The second kappa shape index (κ2) is 5.66. The minimum Gasteiger partial charge on any atom is -0.334 e. The highest BCUT2D eigenvalue weighted by Gasteiger charge is 2.29. The van der Waals surface area contributed by atoms with Gasteiger partial charge in [0.1, 0.15) is 12.4 Å². The molecule has 0 aliphatic heterocycles. The molecule has 0 spiro atoms. The van der Waals surface area contributed by atoms with Gasteiger partial charge in [-0.15, -0.1) is 11.3 Å². The summed E-state index contributed by atoms with van der Waals surface area (Å²) in [5, 5.41) is 1.77. The van der Waals surface area contributed by atoms with Crippen LogP contribution >= 0.6 is 11.3 Å². The quantitative estimate of drug-likeness (QED) is 0.871. The Kier molecular flexibility index (Phi) is 4.12. The maximum absolute atomic E-state index is 12.4. The molecule has 20 heavy (non-hydrogen) atoms. The fourth-order valence-corrected chi connectivity index (χ4v) is 2.42. The van der Waals surface area contributed by atoms with Gasteiger partial charge < -0.3 is 9.47 Å². The monoisotopic (exact) mass is 303 g/mol. The molecule has 0 radical (unpaired) electrons. The van der Waals surface area contributed by atoms with E-state index >= 15 is 0 Å². The minimum atomic E-state index is -4.31. The van der Waals surface area contributed by atoms with Crippen LogP contribution in [0.2, 0.25) is 0 Å². The summed E-state index contributed by atoms with van der Waals surface area (Å²) in [4.78, 5) is 17.8. The summed E-state index contributed by atoms with van der Waals surface area (Å²) in [6, 6.07) is 3.42. The third kappa shape index (κ3) is 3.60. The van der Waals surface area contributed by atoms with E-state index < -0.39 is 12.7 Å². The molecule has 0 saturated carbocycles. The van der Waals surface area contributed by atoms with E-state index in [0.29, 0.717) is 4.88 Å². The van der Waals surface area contributed by atoms with E-state index in [-0.39, 0.29) is 18.3 Å². The molecule has 0 atom stereocenters. The van der Waals surface area contributed by atoms with Gasteiger partial charge in [0, 0.05) is 19.4 Å². The van der Waals surface area contributed by atoms with Gasteiger partial charge in [0.05, 0.1) is 11.4 Å². The van der Waals surface area contributed by atoms with Crippen LogP contribution in [0.4, 0.5) is 13.2 Å². The molecule has 2 aromatic heterocycles. The molecule has 2 heterocycles. The zero-order valence-electron chi connectivity index (χ0n) is 10.6. The maximum Gasteiger partial charge on any atom is 0.406 e. The first-order valence-electron chi connectivity index (χ1n) is 5.72. The van der Waals surface area contributed by atoms with Gasteiger partial charge in [-0.3, -0.25) is 4.79 Å². The van der Waals surface area contributed by atoms with Crippen molar-refractivity contribution in [1.29, 1.82) is 0 Å². The van der Waals surface area contributed by atoms with Crippen LogP contribution in [0.25, 0.3) is 0 Å². The Bertz CT molecular complexity index is 577. The van der Waals surface area contributed by atoms with E-state index in [1.807, 2.05) is 0 Å². The van der Waals surface area contributed by atoms with Crippen molar-refractivity contribution in [2.24, 2.45) is 0 Å². The number of rotatable bonds is 4. The standard InChI is InChI=1S/C12H12F3N3OS/c1-17(11(19)9-3-2-6-20-9)7-10-16-4-5-18(10)8-12(13,14)15/h2-6H,7-8H2,1H3. The number of carbonyl (C=O) groups excluding carboxylic acids is 1. The van der Waals surface area contributed by atoms with Gasteiger partial charge in [-0.2, -0.15) is 13.2 Å². The molecular weight excluding hydrogens is 291 g/mol. The second-order valence-corrected chi connectivity index (χ2v) is 5.17. The summed E-state index contributed by atoms with van der Waals surface area (Å²) < 4.78 is 38.2. The lowest BCUT2D eigenvalue weighted by Crippen LogP contribution is -2.28. The highest BCUT2D eigenvalue weighted by atomic mass is 32.1. The normalized spacial score (nSPS) is 11.6. The van der Waals surface area contributed by atoms with Crippen LogP contribution in [0, 0.1) is 0 Å². The lowest BCUT2D eigenvalue weighted by molar-refractivity contribution is -0.141. The molecule has 2 rings (SSSR count). The molecule has 0 aliphatic rings. The number of alkyl halides is 3. The molecule has 0 N–H and O–H groups in total. The average Bonchev–Trinajstić information content (AvgIpc) is 2.98. The summed E-state index contributed by atoms with van der Waals surface area (Å²) >= 11 is 1.29. The summed E-state index contributed by atoms with van der Waals surface area (Å²) in [6.07, 6.45) is -1.76. The molecule has 4 nitrogen and oxygen atoms in total. The first kappa shape index (κ1) is 14.6. The van der Waals surface area contributed by atoms with Gasteiger partial charge in [0.15, 0.2) is 0 Å². The van der Waals surface area contributed by atoms with Crippen LogP contribution in [0.1, 0.15) is 15.5 Å². The van der Waals surface area contributed by atoms with Gasteiger partial charge in [0.25, 0.3) is 5.91 Å². The van der Waals surface area contributed by atoms with Crippen molar-refractivity contribution >= 4 is 17.2 Å². The number of aromatic nitrogens is 2. The topological polar surface area (TPSA) is 38.1 Å². The molecule has 0 fully saturated rings. The molecule has 0 bridgehead atoms. The Balaban J connectivity index is 2.07. The number of halogens is 3. The fourth-order valence-electron chi connectivity index (χ4n) is 1.70. The molecule has 108 valence electrons. The number of imidazole rings is 1. The lowest BCUT2D eigenvalue weighted by Gasteiger charge is -2.17. The molecule has 8 heteroatoms. The van der Waals surface area contributed by atoms with Gasteiger partial charge in [0.2, 0.25) is 0 Å². The van der Waals surface area contributed by atoms with Crippen LogP contribution in [-0.2, 0) is 13.1 Å². The van der Waals surface area contributed by atoms with Crippen molar-refractivity contribution in [3.63, 3.8) is 0 Å². The fraction of sp³-hybridized carbons (Fsp3) is 0.333. The highest BCUT2D eigenvalue weighted by Crippen LogP contribution is 2.19. The van der Waals surface area contributed by atoms with Crippen molar-refractivity contribution in [3.8, 4) is 0 Å². The van der Waals surface area contributed by atoms with E-state index in [4.69, 9.17) is 0 Å². The average molecular weight is 303 g/mol. The maximum atomic E-state index is 12.4. The molecule has 0 aliphatic carbocycles. The van der Waals surface area contributed by atoms with Crippen molar-refractivity contribution in [1.82, 2.24) is 14.5 Å². The number of amides is 1. The van der Waals surface area contributed by atoms with Gasteiger partial charge in [-0.05, 0) is 11.4 Å². The zero-order valence-corrected chi connectivity index (χ0v) is 11.4. The minimum absolute atomic E-state index is 0.0276. The number of carbonyl (C=O) groups is 1.